The molecule has 0 bridgehead atoms. The maximum absolute atomic E-state index is 14.0. The lowest BCUT2D eigenvalue weighted by molar-refractivity contribution is -0.141. The molecule has 1 fully saturated rings. The van der Waals surface area contributed by atoms with E-state index in [1.165, 1.54) is 0 Å². The second-order valence-electron chi connectivity index (χ2n) is 4.32. The first-order valence-electron chi connectivity index (χ1n) is 5.41. The Morgan fingerprint density at radius 2 is 2.29 bits per heavy atom. The average molecular weight is 258 g/mol. The summed E-state index contributed by atoms with van der Waals surface area (Å²) in [5, 5.41) is 12.3. The molecule has 1 heterocycles. The molecule has 1 saturated heterocycles. The fraction of sp³-hybridized carbons (Fsp3) is 0.417. The van der Waals surface area contributed by atoms with E-state index in [1.54, 1.807) is 19.1 Å². The van der Waals surface area contributed by atoms with E-state index >= 15 is 0 Å². The predicted octanol–water partition coefficient (Wildman–Crippen LogP) is 2.52. The highest BCUT2D eigenvalue weighted by atomic mass is 35.5. The van der Waals surface area contributed by atoms with E-state index in [2.05, 4.69) is 5.32 Å². The summed E-state index contributed by atoms with van der Waals surface area (Å²) < 4.78 is 14.0. The first kappa shape index (κ1) is 12.3. The second-order valence-corrected chi connectivity index (χ2v) is 4.73. The van der Waals surface area contributed by atoms with Crippen molar-refractivity contribution in [2.24, 2.45) is 5.92 Å². The third-order valence-electron chi connectivity index (χ3n) is 3.15. The van der Waals surface area contributed by atoms with Crippen molar-refractivity contribution in [3.63, 3.8) is 0 Å². The molecule has 2 unspecified atom stereocenters. The zero-order valence-electron chi connectivity index (χ0n) is 9.34. The zero-order chi connectivity index (χ0) is 12.6. The third kappa shape index (κ3) is 2.28. The van der Waals surface area contributed by atoms with Crippen molar-refractivity contribution >= 4 is 17.6 Å². The van der Waals surface area contributed by atoms with E-state index in [0.717, 1.165) is 0 Å². The quantitative estimate of drug-likeness (QED) is 0.856. The maximum atomic E-state index is 14.0. The number of carboxylic acid groups (broad SMARTS) is 1. The minimum Gasteiger partial charge on any atom is -0.481 e. The Bertz CT molecular complexity index is 464. The van der Waals surface area contributed by atoms with Gasteiger partial charge in [0.05, 0.1) is 5.92 Å². The van der Waals surface area contributed by atoms with Gasteiger partial charge in [-0.1, -0.05) is 17.7 Å². The molecule has 17 heavy (non-hydrogen) atoms. The minimum absolute atomic E-state index is 0.316. The van der Waals surface area contributed by atoms with Gasteiger partial charge in [0, 0.05) is 23.2 Å². The molecule has 2 rings (SSSR count). The first-order chi connectivity index (χ1) is 8.00. The maximum Gasteiger partial charge on any atom is 0.307 e. The van der Waals surface area contributed by atoms with Crippen LogP contribution >= 0.6 is 11.6 Å². The molecule has 0 aliphatic carbocycles. The fourth-order valence-corrected chi connectivity index (χ4v) is 2.42. The summed E-state index contributed by atoms with van der Waals surface area (Å²) >= 11 is 5.98. The largest absolute Gasteiger partial charge is 0.481 e. The number of aryl methyl sites for hydroxylation is 1. The molecule has 3 nitrogen and oxygen atoms in total. The standard InChI is InChI=1S/C12H13ClFNO2/c1-6-2-3-8(13)10(11(6)14)9-4-7(5-15-9)12(16)17/h2-3,7,9,15H,4-5H2,1H3,(H,16,17). The van der Waals surface area contributed by atoms with Crippen molar-refractivity contribution in [1.29, 1.82) is 0 Å². The smallest absolute Gasteiger partial charge is 0.307 e. The number of benzene rings is 1. The van der Waals surface area contributed by atoms with Crippen LogP contribution in [0.2, 0.25) is 5.02 Å². The van der Waals surface area contributed by atoms with E-state index in [0.29, 0.717) is 29.1 Å². The number of rotatable bonds is 2. The number of carbonyl (C=O) groups is 1. The number of carboxylic acids is 1. The van der Waals surface area contributed by atoms with Gasteiger partial charge >= 0.3 is 5.97 Å². The molecule has 92 valence electrons. The van der Waals surface area contributed by atoms with Crippen LogP contribution in [0.5, 0.6) is 0 Å². The Labute approximate surface area is 104 Å². The molecule has 2 N–H and O–H groups in total. The number of aliphatic carboxylic acids is 1. The van der Waals surface area contributed by atoms with Gasteiger partial charge in [0.25, 0.3) is 0 Å². The monoisotopic (exact) mass is 257 g/mol. The summed E-state index contributed by atoms with van der Waals surface area (Å²) in [6.45, 7) is 2.02. The normalized spacial score (nSPS) is 23.9. The minimum atomic E-state index is -0.857. The predicted molar refractivity (Wildman–Crippen MR) is 62.6 cm³/mol. The van der Waals surface area contributed by atoms with Gasteiger partial charge in [-0.15, -0.1) is 0 Å². The Balaban J connectivity index is 2.30. The van der Waals surface area contributed by atoms with Crippen LogP contribution in [0.25, 0.3) is 0 Å². The Kier molecular flexibility index (Phi) is 3.35. The van der Waals surface area contributed by atoms with Crippen molar-refractivity contribution in [3.05, 3.63) is 34.1 Å². The van der Waals surface area contributed by atoms with Crippen molar-refractivity contribution in [2.75, 3.05) is 6.54 Å². The third-order valence-corrected chi connectivity index (χ3v) is 3.48. The van der Waals surface area contributed by atoms with E-state index < -0.39 is 11.9 Å². The summed E-state index contributed by atoms with van der Waals surface area (Å²) in [6.07, 6.45) is 0.370. The van der Waals surface area contributed by atoms with Gasteiger partial charge in [0.15, 0.2) is 0 Å². The Morgan fingerprint density at radius 1 is 1.59 bits per heavy atom. The van der Waals surface area contributed by atoms with Crippen molar-refractivity contribution in [3.8, 4) is 0 Å². The summed E-state index contributed by atoms with van der Waals surface area (Å²) in [6, 6.07) is 2.94. The van der Waals surface area contributed by atoms with Crippen LogP contribution in [-0.2, 0) is 4.79 Å². The average Bonchev–Trinajstić information content (AvgIpc) is 2.73. The lowest BCUT2D eigenvalue weighted by Crippen LogP contribution is -2.18. The van der Waals surface area contributed by atoms with Gasteiger partial charge in [-0.05, 0) is 25.0 Å². The van der Waals surface area contributed by atoms with Crippen molar-refractivity contribution < 1.29 is 14.3 Å². The molecule has 0 amide bonds. The molecule has 0 aromatic heterocycles. The van der Waals surface area contributed by atoms with Crippen LogP contribution < -0.4 is 5.32 Å². The number of halogens is 2. The molecule has 5 heteroatoms. The van der Waals surface area contributed by atoms with E-state index in [1.807, 2.05) is 0 Å². The number of hydrogen-bond acceptors (Lipinski definition) is 2. The molecule has 2 atom stereocenters. The van der Waals surface area contributed by atoms with Crippen molar-refractivity contribution in [2.45, 2.75) is 19.4 Å². The van der Waals surface area contributed by atoms with Gasteiger partial charge in [0.2, 0.25) is 0 Å². The zero-order valence-corrected chi connectivity index (χ0v) is 10.1. The lowest BCUT2D eigenvalue weighted by atomic mass is 9.98. The molecule has 0 spiro atoms. The summed E-state index contributed by atoms with van der Waals surface area (Å²) in [5.74, 6) is -1.68. The molecular formula is C12H13ClFNO2. The van der Waals surface area contributed by atoms with Crippen molar-refractivity contribution in [1.82, 2.24) is 5.32 Å². The lowest BCUT2D eigenvalue weighted by Gasteiger charge is -2.15. The van der Waals surface area contributed by atoms with Gasteiger partial charge in [-0.25, -0.2) is 4.39 Å². The second kappa shape index (κ2) is 4.63. The van der Waals surface area contributed by atoms with Gasteiger partial charge in [-0.3, -0.25) is 4.79 Å². The van der Waals surface area contributed by atoms with Crippen LogP contribution in [-0.4, -0.2) is 17.6 Å². The molecule has 1 aromatic carbocycles. The molecule has 0 saturated carbocycles. The molecule has 1 aromatic rings. The summed E-state index contributed by atoms with van der Waals surface area (Å²) in [4.78, 5) is 10.8. The van der Waals surface area contributed by atoms with Gasteiger partial charge in [-0.2, -0.15) is 0 Å². The topological polar surface area (TPSA) is 49.3 Å². The van der Waals surface area contributed by atoms with Crippen LogP contribution in [0.3, 0.4) is 0 Å². The first-order valence-corrected chi connectivity index (χ1v) is 5.79. The van der Waals surface area contributed by atoms with Crippen LogP contribution in [0, 0.1) is 18.7 Å². The summed E-state index contributed by atoms with van der Waals surface area (Å²) in [5.41, 5.74) is 0.903. The number of hydrogen-bond donors (Lipinski definition) is 2. The van der Waals surface area contributed by atoms with Crippen LogP contribution in [0.1, 0.15) is 23.6 Å². The molecule has 1 aliphatic heterocycles. The SMILES string of the molecule is Cc1ccc(Cl)c(C2CC(C(=O)O)CN2)c1F. The van der Waals surface area contributed by atoms with E-state index in [9.17, 15) is 9.18 Å². The Morgan fingerprint density at radius 3 is 2.88 bits per heavy atom. The summed E-state index contributed by atoms with van der Waals surface area (Å²) in [7, 11) is 0. The Hall–Kier alpha value is -1.13. The highest BCUT2D eigenvalue weighted by Crippen LogP contribution is 2.34. The van der Waals surface area contributed by atoms with Gasteiger partial charge in [0.1, 0.15) is 5.82 Å². The highest BCUT2D eigenvalue weighted by molar-refractivity contribution is 6.31. The fourth-order valence-electron chi connectivity index (χ4n) is 2.14. The van der Waals surface area contributed by atoms with E-state index in [-0.39, 0.29) is 11.9 Å². The van der Waals surface area contributed by atoms with E-state index in [4.69, 9.17) is 16.7 Å². The van der Waals surface area contributed by atoms with Gasteiger partial charge < -0.3 is 10.4 Å². The highest BCUT2D eigenvalue weighted by Gasteiger charge is 2.32. The van der Waals surface area contributed by atoms with Crippen LogP contribution in [0.4, 0.5) is 4.39 Å². The molecule has 0 radical (unpaired) electrons. The molecular weight excluding hydrogens is 245 g/mol. The number of nitrogens with one attached hydrogen (secondary N) is 1. The van der Waals surface area contributed by atoms with Crippen LogP contribution in [0.15, 0.2) is 12.1 Å². The molecule has 1 aliphatic rings.